The summed E-state index contributed by atoms with van der Waals surface area (Å²) < 4.78 is 4.14. The number of likely N-dealkylation sites (tertiary alicyclic amines) is 1. The molecule has 1 saturated heterocycles. The maximum absolute atomic E-state index is 10.1. The van der Waals surface area contributed by atoms with Crippen molar-refractivity contribution in [1.29, 1.82) is 0 Å². The second kappa shape index (κ2) is 14.9. The van der Waals surface area contributed by atoms with Gasteiger partial charge in [0.05, 0.1) is 13.7 Å². The summed E-state index contributed by atoms with van der Waals surface area (Å²) in [5, 5.41) is 2.15. The minimum Gasteiger partial charge on any atom is -0.453 e. The molecule has 102 valence electrons. The molecule has 0 aliphatic carbocycles. The van der Waals surface area contributed by atoms with Gasteiger partial charge in [-0.1, -0.05) is 20.3 Å². The predicted molar refractivity (Wildman–Crippen MR) is 69.2 cm³/mol. The lowest BCUT2D eigenvalue weighted by Gasteiger charge is -2.01. The van der Waals surface area contributed by atoms with Crippen LogP contribution in [0.25, 0.3) is 0 Å². The summed E-state index contributed by atoms with van der Waals surface area (Å²) in [6.45, 7) is 6.90. The lowest BCUT2D eigenvalue weighted by atomic mass is 10.4. The minimum atomic E-state index is -0.586. The fourth-order valence-corrected chi connectivity index (χ4v) is 1.07. The van der Waals surface area contributed by atoms with Crippen LogP contribution in [0.3, 0.4) is 0 Å². The van der Waals surface area contributed by atoms with Gasteiger partial charge in [0, 0.05) is 0 Å². The highest BCUT2D eigenvalue weighted by molar-refractivity contribution is 5.70. The number of alkyl carbamates (subject to hydrolysis) is 1. The monoisotopic (exact) mass is 246 g/mol. The molecular weight excluding hydrogens is 220 g/mol. The smallest absolute Gasteiger partial charge is 0.407 e. The van der Waals surface area contributed by atoms with Crippen molar-refractivity contribution in [1.82, 2.24) is 10.2 Å². The normalized spacial score (nSPS) is 13.6. The van der Waals surface area contributed by atoms with Crippen LogP contribution in [-0.4, -0.2) is 51.1 Å². The molecular formula is C12H26N2O3. The molecule has 0 unspecified atom stereocenters. The topological polar surface area (TPSA) is 58.6 Å². The first kappa shape index (κ1) is 18.3. The molecule has 5 nitrogen and oxygen atoms in total. The van der Waals surface area contributed by atoms with E-state index < -0.39 is 6.09 Å². The molecule has 0 aromatic rings. The number of carbonyl (C=O) groups is 2. The Morgan fingerprint density at radius 1 is 1.35 bits per heavy atom. The van der Waals surface area contributed by atoms with Crippen molar-refractivity contribution in [2.75, 3.05) is 33.8 Å². The van der Waals surface area contributed by atoms with Crippen LogP contribution >= 0.6 is 0 Å². The zero-order valence-electron chi connectivity index (χ0n) is 11.5. The summed E-state index contributed by atoms with van der Waals surface area (Å²) in [5.74, 6) is 0. The molecule has 1 fully saturated rings. The second-order valence-corrected chi connectivity index (χ2v) is 3.76. The largest absolute Gasteiger partial charge is 0.453 e. The van der Waals surface area contributed by atoms with E-state index in [1.54, 1.807) is 0 Å². The van der Waals surface area contributed by atoms with Crippen LogP contribution in [0.5, 0.6) is 0 Å². The summed E-state index contributed by atoms with van der Waals surface area (Å²) in [4.78, 5) is 22.0. The van der Waals surface area contributed by atoms with Gasteiger partial charge in [-0.15, -0.1) is 0 Å². The van der Waals surface area contributed by atoms with E-state index in [1.807, 2.05) is 0 Å². The van der Waals surface area contributed by atoms with Gasteiger partial charge >= 0.3 is 6.09 Å². The first-order valence-corrected chi connectivity index (χ1v) is 6.06. The Morgan fingerprint density at radius 3 is 2.06 bits per heavy atom. The number of nitrogens with zero attached hydrogens (tertiary/aromatic N) is 1. The van der Waals surface area contributed by atoms with Crippen molar-refractivity contribution in [3.8, 4) is 0 Å². The molecule has 5 heteroatoms. The van der Waals surface area contributed by atoms with Crippen molar-refractivity contribution in [2.24, 2.45) is 0 Å². The van der Waals surface area contributed by atoms with Crippen molar-refractivity contribution >= 4 is 12.4 Å². The van der Waals surface area contributed by atoms with Crippen molar-refractivity contribution < 1.29 is 14.3 Å². The third kappa shape index (κ3) is 17.5. The minimum absolute atomic E-state index is 0.00662. The molecule has 17 heavy (non-hydrogen) atoms. The van der Waals surface area contributed by atoms with Gasteiger partial charge in [0.2, 0.25) is 0 Å². The summed E-state index contributed by atoms with van der Waals surface area (Å²) >= 11 is 0. The third-order valence-electron chi connectivity index (χ3n) is 1.84. The number of hydrogen-bond donors (Lipinski definition) is 1. The van der Waals surface area contributed by atoms with Gasteiger partial charge in [-0.25, -0.2) is 4.79 Å². The Kier molecular flexibility index (Phi) is 16.0. The SMILES string of the molecule is CCC.CN1CCCC1.COC(=O)NCC=O. The van der Waals surface area contributed by atoms with Gasteiger partial charge in [0.1, 0.15) is 6.29 Å². The number of hydrogen-bond acceptors (Lipinski definition) is 4. The van der Waals surface area contributed by atoms with Gasteiger partial charge in [-0.3, -0.25) is 0 Å². The highest BCUT2D eigenvalue weighted by atomic mass is 16.5. The summed E-state index contributed by atoms with van der Waals surface area (Å²) in [6.07, 6.45) is 4.07. The lowest BCUT2D eigenvalue weighted by Crippen LogP contribution is -2.24. The molecule has 1 N–H and O–H groups in total. The molecule has 0 aromatic heterocycles. The van der Waals surface area contributed by atoms with E-state index in [1.165, 1.54) is 39.5 Å². The number of amides is 1. The fourth-order valence-electron chi connectivity index (χ4n) is 1.07. The first-order valence-electron chi connectivity index (χ1n) is 6.06. The molecule has 1 rings (SSSR count). The first-order chi connectivity index (χ1) is 8.12. The van der Waals surface area contributed by atoms with Crippen LogP contribution < -0.4 is 5.32 Å². The highest BCUT2D eigenvalue weighted by Gasteiger charge is 2.03. The van der Waals surface area contributed by atoms with E-state index in [0.29, 0.717) is 6.29 Å². The molecule has 0 aromatic carbocycles. The number of aldehydes is 1. The van der Waals surface area contributed by atoms with Crippen LogP contribution in [0.15, 0.2) is 0 Å². The van der Waals surface area contributed by atoms with E-state index in [2.05, 4.69) is 35.8 Å². The molecule has 0 saturated carbocycles. The van der Waals surface area contributed by atoms with Crippen molar-refractivity contribution in [3.05, 3.63) is 0 Å². The van der Waals surface area contributed by atoms with E-state index in [4.69, 9.17) is 0 Å². The van der Waals surface area contributed by atoms with Crippen LogP contribution in [0, 0.1) is 0 Å². The highest BCUT2D eigenvalue weighted by Crippen LogP contribution is 2.02. The number of rotatable bonds is 2. The third-order valence-corrected chi connectivity index (χ3v) is 1.84. The average Bonchev–Trinajstić information content (AvgIpc) is 2.79. The summed E-state index contributed by atoms with van der Waals surface area (Å²) in [6, 6.07) is 0. The number of methoxy groups -OCH3 is 1. The van der Waals surface area contributed by atoms with Crippen LogP contribution in [0.2, 0.25) is 0 Å². The van der Waals surface area contributed by atoms with Crippen LogP contribution in [-0.2, 0) is 9.53 Å². The molecule has 0 spiro atoms. The molecule has 0 bridgehead atoms. The molecule has 1 amide bonds. The fraction of sp³-hybridized carbons (Fsp3) is 0.833. The van der Waals surface area contributed by atoms with Gasteiger partial charge in [0.25, 0.3) is 0 Å². The van der Waals surface area contributed by atoms with E-state index >= 15 is 0 Å². The Hall–Kier alpha value is -1.10. The Bertz CT molecular complexity index is 181. The maximum atomic E-state index is 10.1. The van der Waals surface area contributed by atoms with Crippen molar-refractivity contribution in [2.45, 2.75) is 33.1 Å². The second-order valence-electron chi connectivity index (χ2n) is 3.76. The zero-order chi connectivity index (χ0) is 13.5. The molecule has 1 heterocycles. The quantitative estimate of drug-likeness (QED) is 0.753. The molecule has 1 aliphatic rings. The van der Waals surface area contributed by atoms with Gasteiger partial charge in [-0.05, 0) is 33.0 Å². The van der Waals surface area contributed by atoms with Gasteiger partial charge in [-0.2, -0.15) is 0 Å². The Morgan fingerprint density at radius 2 is 1.82 bits per heavy atom. The standard InChI is InChI=1S/C5H11N.C4H7NO3.C3H8/c1-6-4-2-3-5-6;1-8-4(7)5-2-3-6;1-3-2/h2-5H2,1H3;3H,2H2,1H3,(H,5,7);3H2,1-2H3. The number of ether oxygens (including phenoxy) is 1. The zero-order valence-corrected chi connectivity index (χ0v) is 11.5. The molecule has 0 atom stereocenters. The van der Waals surface area contributed by atoms with Crippen LogP contribution in [0.4, 0.5) is 4.79 Å². The van der Waals surface area contributed by atoms with E-state index in [0.717, 1.165) is 0 Å². The van der Waals surface area contributed by atoms with Crippen molar-refractivity contribution in [3.63, 3.8) is 0 Å². The lowest BCUT2D eigenvalue weighted by molar-refractivity contribution is -0.107. The van der Waals surface area contributed by atoms with Gasteiger partial charge < -0.3 is 19.7 Å². The number of carbonyl (C=O) groups excluding carboxylic acids is 2. The number of nitrogens with one attached hydrogen (secondary N) is 1. The average molecular weight is 246 g/mol. The predicted octanol–water partition coefficient (Wildman–Crippen LogP) is 1.67. The maximum Gasteiger partial charge on any atom is 0.407 e. The molecule has 1 aliphatic heterocycles. The van der Waals surface area contributed by atoms with Crippen LogP contribution in [0.1, 0.15) is 33.1 Å². The summed E-state index contributed by atoms with van der Waals surface area (Å²) in [5.41, 5.74) is 0. The summed E-state index contributed by atoms with van der Waals surface area (Å²) in [7, 11) is 3.41. The van der Waals surface area contributed by atoms with E-state index in [9.17, 15) is 9.59 Å². The molecule has 0 radical (unpaired) electrons. The Labute approximate surface area is 105 Å². The van der Waals surface area contributed by atoms with Gasteiger partial charge in [0.15, 0.2) is 0 Å². The van der Waals surface area contributed by atoms with E-state index in [-0.39, 0.29) is 6.54 Å². The Balaban J connectivity index is 0.